The average molecular weight is 392 g/mol. The maximum absolute atomic E-state index is 11.4. The second kappa shape index (κ2) is 5.92. The second-order valence-corrected chi connectivity index (χ2v) is 7.57. The van der Waals surface area contributed by atoms with Crippen LogP contribution in [0.3, 0.4) is 0 Å². The molecule has 7 heteroatoms. The number of nitrogens with zero attached hydrogens (tertiary/aromatic N) is 2. The molecule has 2 aromatic carbocycles. The number of aryl methyl sites for hydroxylation is 1. The summed E-state index contributed by atoms with van der Waals surface area (Å²) in [6.45, 7) is 2.03. The summed E-state index contributed by atoms with van der Waals surface area (Å²) in [6.07, 6.45) is 1.71. The van der Waals surface area contributed by atoms with Crippen molar-refractivity contribution >= 4 is 26.0 Å². The van der Waals surface area contributed by atoms with Crippen molar-refractivity contribution in [3.63, 3.8) is 0 Å². The van der Waals surface area contributed by atoms with E-state index in [4.69, 9.17) is 5.14 Å². The van der Waals surface area contributed by atoms with E-state index in [2.05, 4.69) is 21.0 Å². The third-order valence-electron chi connectivity index (χ3n) is 3.46. The first-order valence-corrected chi connectivity index (χ1v) is 9.14. The number of benzene rings is 2. The SMILES string of the molecule is Cc1ccc(-c2c(Br)cnn2-c2ccc(S(N)(=O)=O)cc2)cc1. The molecule has 3 rings (SSSR count). The zero-order valence-corrected chi connectivity index (χ0v) is 14.7. The van der Waals surface area contributed by atoms with Gasteiger partial charge in [-0.05, 0) is 47.1 Å². The Bertz CT molecular complexity index is 946. The Hall–Kier alpha value is -1.96. The molecule has 1 aromatic heterocycles. The molecular weight excluding hydrogens is 378 g/mol. The average Bonchev–Trinajstić information content (AvgIpc) is 2.89. The molecule has 0 saturated carbocycles. The molecule has 2 N–H and O–H groups in total. The van der Waals surface area contributed by atoms with Crippen LogP contribution in [0.1, 0.15) is 5.56 Å². The highest BCUT2D eigenvalue weighted by Gasteiger charge is 2.14. The lowest BCUT2D eigenvalue weighted by atomic mass is 10.1. The summed E-state index contributed by atoms with van der Waals surface area (Å²) in [5.74, 6) is 0. The Kier molecular flexibility index (Phi) is 4.09. The fraction of sp³-hybridized carbons (Fsp3) is 0.0625. The van der Waals surface area contributed by atoms with Gasteiger partial charge < -0.3 is 0 Å². The zero-order chi connectivity index (χ0) is 16.6. The first-order valence-electron chi connectivity index (χ1n) is 6.80. The quantitative estimate of drug-likeness (QED) is 0.743. The van der Waals surface area contributed by atoms with Gasteiger partial charge in [0.1, 0.15) is 0 Å². The van der Waals surface area contributed by atoms with Gasteiger partial charge in [0.25, 0.3) is 0 Å². The molecular formula is C16H14BrN3O2S. The van der Waals surface area contributed by atoms with E-state index in [1.165, 1.54) is 17.7 Å². The van der Waals surface area contributed by atoms with Crippen LogP contribution in [0.5, 0.6) is 0 Å². The second-order valence-electron chi connectivity index (χ2n) is 5.16. The van der Waals surface area contributed by atoms with Crippen molar-refractivity contribution in [3.8, 4) is 16.9 Å². The summed E-state index contributed by atoms with van der Waals surface area (Å²) < 4.78 is 25.3. The van der Waals surface area contributed by atoms with E-state index < -0.39 is 10.0 Å². The number of hydrogen-bond acceptors (Lipinski definition) is 3. The van der Waals surface area contributed by atoms with Gasteiger partial charge in [0, 0.05) is 5.56 Å². The monoisotopic (exact) mass is 391 g/mol. The van der Waals surface area contributed by atoms with Crippen molar-refractivity contribution in [1.29, 1.82) is 0 Å². The van der Waals surface area contributed by atoms with Gasteiger partial charge >= 0.3 is 0 Å². The fourth-order valence-corrected chi connectivity index (χ4v) is 3.28. The standard InChI is InChI=1S/C16H14BrN3O2S/c1-11-2-4-12(5-3-11)16-15(17)10-19-20(16)13-6-8-14(9-7-13)23(18,21)22/h2-10H,1H3,(H2,18,21,22). The van der Waals surface area contributed by atoms with Crippen LogP contribution in [-0.4, -0.2) is 18.2 Å². The molecule has 0 aliphatic rings. The molecule has 0 fully saturated rings. The van der Waals surface area contributed by atoms with Gasteiger partial charge in [0.05, 0.1) is 26.9 Å². The molecule has 0 aliphatic heterocycles. The first-order chi connectivity index (χ1) is 10.9. The molecule has 0 unspecified atom stereocenters. The lowest BCUT2D eigenvalue weighted by Crippen LogP contribution is -2.12. The minimum atomic E-state index is -3.70. The number of nitrogens with two attached hydrogens (primary N) is 1. The van der Waals surface area contributed by atoms with E-state index in [1.807, 2.05) is 31.2 Å². The number of primary sulfonamides is 1. The Morgan fingerprint density at radius 3 is 2.22 bits per heavy atom. The molecule has 0 atom stereocenters. The summed E-state index contributed by atoms with van der Waals surface area (Å²) in [6, 6.07) is 14.4. The van der Waals surface area contributed by atoms with E-state index in [9.17, 15) is 8.42 Å². The van der Waals surface area contributed by atoms with Crippen molar-refractivity contribution in [2.24, 2.45) is 5.14 Å². The molecule has 0 spiro atoms. The third kappa shape index (κ3) is 3.21. The van der Waals surface area contributed by atoms with Crippen LogP contribution in [0.25, 0.3) is 16.9 Å². The van der Waals surface area contributed by atoms with Crippen LogP contribution in [0.15, 0.2) is 64.1 Å². The Morgan fingerprint density at radius 2 is 1.65 bits per heavy atom. The van der Waals surface area contributed by atoms with E-state index in [0.29, 0.717) is 0 Å². The third-order valence-corrected chi connectivity index (χ3v) is 4.97. The van der Waals surface area contributed by atoms with Gasteiger partial charge in [-0.15, -0.1) is 0 Å². The molecule has 5 nitrogen and oxygen atoms in total. The molecule has 3 aromatic rings. The first kappa shape index (κ1) is 15.9. The smallest absolute Gasteiger partial charge is 0.232 e. The maximum Gasteiger partial charge on any atom is 0.238 e. The molecule has 0 bridgehead atoms. The van der Waals surface area contributed by atoms with E-state index in [0.717, 1.165) is 21.4 Å². The van der Waals surface area contributed by atoms with E-state index >= 15 is 0 Å². The van der Waals surface area contributed by atoms with Crippen molar-refractivity contribution < 1.29 is 8.42 Å². The predicted octanol–water partition coefficient (Wildman–Crippen LogP) is 3.26. The van der Waals surface area contributed by atoms with Gasteiger partial charge in [-0.2, -0.15) is 5.10 Å². The van der Waals surface area contributed by atoms with E-state index in [1.54, 1.807) is 23.0 Å². The topological polar surface area (TPSA) is 78.0 Å². The van der Waals surface area contributed by atoms with Crippen LogP contribution in [-0.2, 0) is 10.0 Å². The molecule has 0 amide bonds. The van der Waals surface area contributed by atoms with Gasteiger partial charge in [0.15, 0.2) is 0 Å². The van der Waals surface area contributed by atoms with Crippen LogP contribution in [0, 0.1) is 6.92 Å². The van der Waals surface area contributed by atoms with Crippen LogP contribution < -0.4 is 5.14 Å². The number of aromatic nitrogens is 2. The largest absolute Gasteiger partial charge is 0.238 e. The summed E-state index contributed by atoms with van der Waals surface area (Å²) >= 11 is 3.52. The lowest BCUT2D eigenvalue weighted by molar-refractivity contribution is 0.598. The van der Waals surface area contributed by atoms with E-state index in [-0.39, 0.29) is 4.90 Å². The van der Waals surface area contributed by atoms with Crippen LogP contribution in [0.4, 0.5) is 0 Å². The highest BCUT2D eigenvalue weighted by atomic mass is 79.9. The molecule has 23 heavy (non-hydrogen) atoms. The van der Waals surface area contributed by atoms with Gasteiger partial charge in [-0.3, -0.25) is 0 Å². The lowest BCUT2D eigenvalue weighted by Gasteiger charge is -2.09. The number of sulfonamides is 1. The van der Waals surface area contributed by atoms with Gasteiger partial charge in [-0.1, -0.05) is 29.8 Å². The Morgan fingerprint density at radius 1 is 1.04 bits per heavy atom. The van der Waals surface area contributed by atoms with Crippen molar-refractivity contribution in [3.05, 3.63) is 64.8 Å². The molecule has 0 saturated heterocycles. The maximum atomic E-state index is 11.4. The van der Waals surface area contributed by atoms with Crippen LogP contribution in [0.2, 0.25) is 0 Å². The summed E-state index contributed by atoms with van der Waals surface area (Å²) in [7, 11) is -3.70. The summed E-state index contributed by atoms with van der Waals surface area (Å²) in [5, 5.41) is 9.49. The van der Waals surface area contributed by atoms with Crippen LogP contribution >= 0.6 is 15.9 Å². The summed E-state index contributed by atoms with van der Waals surface area (Å²) in [4.78, 5) is 0.0735. The van der Waals surface area contributed by atoms with Gasteiger partial charge in [-0.25, -0.2) is 18.2 Å². The molecule has 0 radical (unpaired) electrons. The highest BCUT2D eigenvalue weighted by Crippen LogP contribution is 2.30. The molecule has 118 valence electrons. The highest BCUT2D eigenvalue weighted by molar-refractivity contribution is 9.10. The van der Waals surface area contributed by atoms with Crippen molar-refractivity contribution in [1.82, 2.24) is 9.78 Å². The van der Waals surface area contributed by atoms with Gasteiger partial charge in [0.2, 0.25) is 10.0 Å². The van der Waals surface area contributed by atoms with Crippen molar-refractivity contribution in [2.75, 3.05) is 0 Å². The predicted molar refractivity (Wildman–Crippen MR) is 92.8 cm³/mol. The van der Waals surface area contributed by atoms with Crippen molar-refractivity contribution in [2.45, 2.75) is 11.8 Å². The number of halogens is 1. The Labute approximate surface area is 142 Å². The minimum absolute atomic E-state index is 0.0735. The fourth-order valence-electron chi connectivity index (χ4n) is 2.27. The zero-order valence-electron chi connectivity index (χ0n) is 12.3. The minimum Gasteiger partial charge on any atom is -0.232 e. The molecule has 1 heterocycles. The normalized spacial score (nSPS) is 11.6. The Balaban J connectivity index is 2.10. The summed E-state index contributed by atoms with van der Waals surface area (Å²) in [5.41, 5.74) is 3.83. The number of rotatable bonds is 3. The number of hydrogen-bond donors (Lipinski definition) is 1. The molecule has 0 aliphatic carbocycles.